The standard InChI is InChI=1S/C35H40N3O6P/c39-34-33(45(41,42)44-23-43-35(40)26-13-2-1-3-14-26)36-31-17-4-5-18-32(31)38(34)30-21-27-15-8-16-28(22-30)37(27)29-19-24-9-6-10-25(20-29)12-7-11-24/h1-5,13-14,17-18,24-25,27-30H,6,8-11,15-16,19-23H2,(H,41,42)/t24-,25+,27-,28+,29+,30+/m0/s1. The number of nitrogens with zero attached hydrogens (tertiary/aromatic N) is 3. The summed E-state index contributed by atoms with van der Waals surface area (Å²) < 4.78 is 25.4. The highest BCUT2D eigenvalue weighted by atomic mass is 31.2. The lowest BCUT2D eigenvalue weighted by molar-refractivity contribution is -0.0324. The van der Waals surface area contributed by atoms with Gasteiger partial charge in [0.05, 0.1) is 16.6 Å². The van der Waals surface area contributed by atoms with Crippen LogP contribution >= 0.6 is 7.60 Å². The molecular weight excluding hydrogens is 589 g/mol. The third-order valence-electron chi connectivity index (χ3n) is 10.3. The smallest absolute Gasteiger partial charge is 0.385 e. The fourth-order valence-corrected chi connectivity index (χ4v) is 9.26. The highest BCUT2D eigenvalue weighted by molar-refractivity contribution is 7.60. The number of rotatable bonds is 7. The molecule has 45 heavy (non-hydrogen) atoms. The Hall–Kier alpha value is -3.28. The minimum atomic E-state index is -4.74. The summed E-state index contributed by atoms with van der Waals surface area (Å²) in [7, 11) is -4.74. The van der Waals surface area contributed by atoms with Crippen molar-refractivity contribution >= 4 is 30.0 Å². The van der Waals surface area contributed by atoms with E-state index < -0.39 is 31.4 Å². The summed E-state index contributed by atoms with van der Waals surface area (Å²) in [6.07, 6.45) is 12.0. The zero-order valence-corrected chi connectivity index (χ0v) is 26.3. The number of piperidine rings is 2. The molecule has 10 heteroatoms. The van der Waals surface area contributed by atoms with Gasteiger partial charge in [-0.25, -0.2) is 9.78 Å². The number of para-hydroxylation sites is 2. The maximum absolute atomic E-state index is 14.1. The Morgan fingerprint density at radius 1 is 0.911 bits per heavy atom. The number of fused-ring (bicyclic) bond motifs is 9. The first-order chi connectivity index (χ1) is 21.9. The lowest BCUT2D eigenvalue weighted by Crippen LogP contribution is -2.58. The molecule has 3 heterocycles. The second-order valence-electron chi connectivity index (χ2n) is 13.1. The molecule has 1 aromatic heterocycles. The molecule has 236 valence electrons. The third kappa shape index (κ3) is 6.26. The van der Waals surface area contributed by atoms with E-state index in [1.165, 1.54) is 32.1 Å². The lowest BCUT2D eigenvalue weighted by atomic mass is 9.75. The summed E-state index contributed by atoms with van der Waals surface area (Å²) in [6, 6.07) is 16.6. The van der Waals surface area contributed by atoms with Gasteiger partial charge in [-0.2, -0.15) is 0 Å². The van der Waals surface area contributed by atoms with Crippen molar-refractivity contribution < 1.29 is 23.5 Å². The van der Waals surface area contributed by atoms with Crippen LogP contribution in [0.1, 0.15) is 87.0 Å². The Morgan fingerprint density at radius 2 is 1.64 bits per heavy atom. The third-order valence-corrected chi connectivity index (χ3v) is 11.6. The van der Waals surface area contributed by atoms with E-state index in [9.17, 15) is 19.0 Å². The summed E-state index contributed by atoms with van der Waals surface area (Å²) in [4.78, 5) is 44.6. The number of carbonyl (C=O) groups excluding carboxylic acids is 1. The molecule has 0 spiro atoms. The van der Waals surface area contributed by atoms with E-state index in [4.69, 9.17) is 9.26 Å². The Bertz CT molecular complexity index is 1720. The topological polar surface area (TPSA) is 111 Å². The molecule has 2 aliphatic heterocycles. The van der Waals surface area contributed by atoms with Crippen molar-refractivity contribution in [1.29, 1.82) is 0 Å². The average molecular weight is 630 g/mol. The van der Waals surface area contributed by atoms with Gasteiger partial charge in [-0.15, -0.1) is 5.92 Å². The van der Waals surface area contributed by atoms with E-state index in [1.54, 1.807) is 47.0 Å². The van der Waals surface area contributed by atoms with Crippen LogP contribution in [-0.2, 0) is 13.8 Å². The van der Waals surface area contributed by atoms with E-state index in [0.717, 1.165) is 38.5 Å². The molecule has 4 bridgehead atoms. The summed E-state index contributed by atoms with van der Waals surface area (Å²) in [5, 5.41) is 0. The largest absolute Gasteiger partial charge is 0.434 e. The van der Waals surface area contributed by atoms with E-state index >= 15 is 0 Å². The number of benzene rings is 2. The summed E-state index contributed by atoms with van der Waals surface area (Å²) in [6.45, 7) is -0.786. The molecule has 1 saturated carbocycles. The fraction of sp³-hybridized carbons (Fsp3) is 0.514. The number of hydrogen-bond acceptors (Lipinski definition) is 7. The molecule has 1 N–H and O–H groups in total. The summed E-state index contributed by atoms with van der Waals surface area (Å²) in [5.74, 6) is 7.47. The first-order valence-corrected chi connectivity index (χ1v) is 17.9. The van der Waals surface area contributed by atoms with Crippen molar-refractivity contribution in [1.82, 2.24) is 14.5 Å². The molecule has 1 unspecified atom stereocenters. The normalized spacial score (nSPS) is 29.4. The second-order valence-corrected chi connectivity index (χ2v) is 14.8. The molecule has 3 aliphatic carbocycles. The van der Waals surface area contributed by atoms with Gasteiger partial charge in [0.15, 0.2) is 0 Å². The van der Waals surface area contributed by atoms with Gasteiger partial charge in [-0.05, 0) is 81.5 Å². The SMILES string of the molecule is O=C(OCOP(=O)(O)c1nc2ccccc2n([C@H]2C[C@H]3CCC[C@@H](C2)N3[C@H]2C[C@H]3C#CC[C@H](CCC3)C2)c1=O)c1ccccc1. The monoisotopic (exact) mass is 629 g/mol. The van der Waals surface area contributed by atoms with Gasteiger partial charge in [0, 0.05) is 36.5 Å². The lowest BCUT2D eigenvalue weighted by Gasteiger charge is -2.54. The van der Waals surface area contributed by atoms with Crippen molar-refractivity contribution in [2.45, 2.75) is 94.8 Å². The van der Waals surface area contributed by atoms with Gasteiger partial charge in [-0.1, -0.05) is 49.1 Å². The highest BCUT2D eigenvalue weighted by Gasteiger charge is 2.44. The van der Waals surface area contributed by atoms with Crippen LogP contribution in [0.2, 0.25) is 0 Å². The predicted molar refractivity (Wildman–Crippen MR) is 171 cm³/mol. The van der Waals surface area contributed by atoms with Gasteiger partial charge in [0.2, 0.25) is 12.2 Å². The van der Waals surface area contributed by atoms with Crippen molar-refractivity contribution in [2.24, 2.45) is 11.8 Å². The van der Waals surface area contributed by atoms with Crippen LogP contribution in [0.25, 0.3) is 11.0 Å². The maximum Gasteiger partial charge on any atom is 0.385 e. The molecule has 3 aromatic rings. The Labute approximate surface area is 263 Å². The van der Waals surface area contributed by atoms with Crippen LogP contribution in [0.4, 0.5) is 0 Å². The van der Waals surface area contributed by atoms with Crippen LogP contribution in [-0.4, -0.2) is 50.2 Å². The zero-order valence-electron chi connectivity index (χ0n) is 25.4. The number of ether oxygens (including phenoxy) is 1. The Morgan fingerprint density at radius 3 is 2.44 bits per heavy atom. The molecule has 2 aromatic carbocycles. The van der Waals surface area contributed by atoms with Gasteiger partial charge in [0.1, 0.15) is 0 Å². The maximum atomic E-state index is 14.1. The molecule has 3 fully saturated rings. The minimum Gasteiger partial charge on any atom is -0.434 e. The minimum absolute atomic E-state index is 0.139. The van der Waals surface area contributed by atoms with Crippen molar-refractivity contribution in [3.63, 3.8) is 0 Å². The van der Waals surface area contributed by atoms with Crippen LogP contribution < -0.4 is 11.0 Å². The summed E-state index contributed by atoms with van der Waals surface area (Å²) in [5.41, 5.74) is 0.212. The van der Waals surface area contributed by atoms with Gasteiger partial charge in [-0.3, -0.25) is 18.8 Å². The molecule has 0 amide bonds. The number of aromatic nitrogens is 2. The van der Waals surface area contributed by atoms with E-state index in [2.05, 4.69) is 21.7 Å². The number of hydrogen-bond donors (Lipinski definition) is 1. The van der Waals surface area contributed by atoms with Crippen molar-refractivity contribution in [3.8, 4) is 11.8 Å². The van der Waals surface area contributed by atoms with E-state index in [0.29, 0.717) is 41.0 Å². The first kappa shape index (κ1) is 30.4. The van der Waals surface area contributed by atoms with Crippen LogP contribution in [0, 0.1) is 23.7 Å². The van der Waals surface area contributed by atoms with Crippen LogP contribution in [0.3, 0.4) is 0 Å². The molecule has 9 nitrogen and oxygen atoms in total. The number of esters is 1. The molecule has 7 atom stereocenters. The van der Waals surface area contributed by atoms with Crippen molar-refractivity contribution in [3.05, 3.63) is 70.5 Å². The average Bonchev–Trinajstić information content (AvgIpc) is 3.00. The summed E-state index contributed by atoms with van der Waals surface area (Å²) >= 11 is 0. The molecule has 2 saturated heterocycles. The molecule has 0 radical (unpaired) electrons. The first-order valence-electron chi connectivity index (χ1n) is 16.3. The Kier molecular flexibility index (Phi) is 8.67. The van der Waals surface area contributed by atoms with Crippen molar-refractivity contribution in [2.75, 3.05) is 6.79 Å². The molecular formula is C35H40N3O6P. The molecule has 8 rings (SSSR count). The number of carbonyl (C=O) groups is 1. The zero-order chi connectivity index (χ0) is 31.0. The van der Waals surface area contributed by atoms with E-state index in [1.807, 2.05) is 12.1 Å². The van der Waals surface area contributed by atoms with Gasteiger partial charge >= 0.3 is 13.6 Å². The van der Waals surface area contributed by atoms with Gasteiger partial charge in [0.25, 0.3) is 5.56 Å². The molecule has 5 aliphatic rings. The fourth-order valence-electron chi connectivity index (χ4n) is 8.36. The van der Waals surface area contributed by atoms with Gasteiger partial charge < -0.3 is 14.2 Å². The highest BCUT2D eigenvalue weighted by Crippen LogP contribution is 2.45. The van der Waals surface area contributed by atoms with E-state index in [-0.39, 0.29) is 11.6 Å². The quantitative estimate of drug-likeness (QED) is 0.156. The van der Waals surface area contributed by atoms with Crippen LogP contribution in [0.15, 0.2) is 59.4 Å². The predicted octanol–water partition coefficient (Wildman–Crippen LogP) is 5.57. The van der Waals surface area contributed by atoms with Crippen LogP contribution in [0.5, 0.6) is 0 Å². The Balaban J connectivity index is 1.15. The second kappa shape index (κ2) is 12.8.